The second kappa shape index (κ2) is 9.36. The molecule has 4 heterocycles. The number of imidazole rings is 2. The van der Waals surface area contributed by atoms with Gasteiger partial charge in [0, 0.05) is 38.3 Å². The molecule has 1 fully saturated rings. The summed E-state index contributed by atoms with van der Waals surface area (Å²) in [6.45, 7) is 5.17. The van der Waals surface area contributed by atoms with E-state index in [1.54, 1.807) is 29.8 Å². The molecular formula is C25H30N8O4. The van der Waals surface area contributed by atoms with E-state index in [-0.39, 0.29) is 22.8 Å². The number of nitrogens with two attached hydrogens (primary N) is 1. The Kier molecular flexibility index (Phi) is 6.20. The normalized spacial score (nSPS) is 16.0. The second-order valence-electron chi connectivity index (χ2n) is 9.79. The van der Waals surface area contributed by atoms with E-state index in [1.165, 1.54) is 4.57 Å². The molecule has 1 aliphatic rings. The number of nitrogens with zero attached hydrogens (tertiary/aromatic N) is 5. The van der Waals surface area contributed by atoms with Crippen molar-refractivity contribution in [3.63, 3.8) is 0 Å². The van der Waals surface area contributed by atoms with E-state index in [4.69, 9.17) is 10.7 Å². The van der Waals surface area contributed by atoms with Gasteiger partial charge in [-0.2, -0.15) is 4.98 Å². The quantitative estimate of drug-likeness (QED) is 0.258. The van der Waals surface area contributed by atoms with Gasteiger partial charge in [-0.15, -0.1) is 0 Å². The molecule has 1 aromatic carbocycles. The molecule has 0 saturated carbocycles. The number of aryl methyl sites for hydroxylation is 1. The monoisotopic (exact) mass is 506 g/mol. The number of para-hydroxylation sites is 1. The first-order valence-corrected chi connectivity index (χ1v) is 12.2. The summed E-state index contributed by atoms with van der Waals surface area (Å²) in [6.07, 6.45) is 3.80. The van der Waals surface area contributed by atoms with Gasteiger partial charge < -0.3 is 25.2 Å². The van der Waals surface area contributed by atoms with Gasteiger partial charge in [-0.3, -0.25) is 18.7 Å². The Bertz CT molecular complexity index is 1730. The zero-order valence-corrected chi connectivity index (χ0v) is 21.1. The van der Waals surface area contributed by atoms with Crippen molar-refractivity contribution < 1.29 is 4.79 Å². The fraction of sp³-hybridized carbons (Fsp3) is 0.400. The van der Waals surface area contributed by atoms with Gasteiger partial charge in [-0.1, -0.05) is 17.7 Å². The van der Waals surface area contributed by atoms with Crippen molar-refractivity contribution in [2.75, 3.05) is 18.0 Å². The van der Waals surface area contributed by atoms with Gasteiger partial charge >= 0.3 is 11.4 Å². The van der Waals surface area contributed by atoms with Crippen LogP contribution in [-0.4, -0.2) is 53.6 Å². The highest BCUT2D eigenvalue weighted by atomic mass is 16.2. The van der Waals surface area contributed by atoms with Crippen LogP contribution >= 0.6 is 0 Å². The summed E-state index contributed by atoms with van der Waals surface area (Å²) in [5, 5.41) is 0. The zero-order chi connectivity index (χ0) is 26.4. The van der Waals surface area contributed by atoms with Crippen LogP contribution in [0.25, 0.3) is 22.2 Å². The SMILES string of the molecule is CC(C)=CCn1c(N2CCCC(N)C2)nc2c1c(=O)n(CC(=O)c1cccc3[nH]c(=O)[nH]c13)c(=O)n2C. The number of aromatic nitrogens is 6. The summed E-state index contributed by atoms with van der Waals surface area (Å²) in [5.74, 6) is 0.102. The lowest BCUT2D eigenvalue weighted by Crippen LogP contribution is -2.44. The standard InChI is InChI=1S/C25H30N8O4/c1-14(2)9-11-32-20-21(29-24(32)31-10-5-6-15(26)12-31)30(3)25(37)33(22(20)35)13-18(34)16-7-4-8-17-19(16)28-23(36)27-17/h4,7-9,15H,5-6,10-13,26H2,1-3H3,(H2,27,28,36). The number of carbonyl (C=O) groups excluding carboxylic acids is 1. The van der Waals surface area contributed by atoms with Gasteiger partial charge in [0.05, 0.1) is 17.6 Å². The maximum atomic E-state index is 13.8. The molecule has 12 nitrogen and oxygen atoms in total. The van der Waals surface area contributed by atoms with Gasteiger partial charge in [0.15, 0.2) is 16.9 Å². The number of Topliss-reactive ketones (excluding diaryl/α,β-unsaturated/α-hetero) is 1. The number of allylic oxidation sites excluding steroid dienone is 2. The van der Waals surface area contributed by atoms with Gasteiger partial charge in [0.2, 0.25) is 5.95 Å². The predicted molar refractivity (Wildman–Crippen MR) is 141 cm³/mol. The number of nitrogens with one attached hydrogen (secondary N) is 2. The van der Waals surface area contributed by atoms with Crippen molar-refractivity contribution in [1.82, 2.24) is 28.7 Å². The molecule has 0 spiro atoms. The third-order valence-electron chi connectivity index (χ3n) is 6.79. The second-order valence-corrected chi connectivity index (χ2v) is 9.79. The van der Waals surface area contributed by atoms with Crippen molar-refractivity contribution in [1.29, 1.82) is 0 Å². The molecule has 1 saturated heterocycles. The molecule has 0 radical (unpaired) electrons. The van der Waals surface area contributed by atoms with E-state index < -0.39 is 29.3 Å². The summed E-state index contributed by atoms with van der Waals surface area (Å²) in [7, 11) is 1.54. The van der Waals surface area contributed by atoms with E-state index in [0.717, 1.165) is 29.5 Å². The number of H-pyrrole nitrogens is 2. The molecule has 1 unspecified atom stereocenters. The van der Waals surface area contributed by atoms with Crippen molar-refractivity contribution in [3.05, 3.63) is 66.7 Å². The predicted octanol–water partition coefficient (Wildman–Crippen LogP) is 0.843. The Hall–Kier alpha value is -4.19. The van der Waals surface area contributed by atoms with Gasteiger partial charge in [-0.25, -0.2) is 9.59 Å². The number of anilines is 1. The van der Waals surface area contributed by atoms with E-state index in [0.29, 0.717) is 30.1 Å². The number of hydrogen-bond donors (Lipinski definition) is 3. The third kappa shape index (κ3) is 4.33. The molecule has 4 aromatic rings. The zero-order valence-electron chi connectivity index (χ0n) is 21.1. The molecule has 1 aliphatic heterocycles. The van der Waals surface area contributed by atoms with E-state index in [2.05, 4.69) is 14.9 Å². The molecule has 5 rings (SSSR count). The fourth-order valence-corrected chi connectivity index (χ4v) is 4.90. The first kappa shape index (κ1) is 24.5. The molecular weight excluding hydrogens is 476 g/mol. The third-order valence-corrected chi connectivity index (χ3v) is 6.79. The van der Waals surface area contributed by atoms with Crippen molar-refractivity contribution in [3.8, 4) is 0 Å². The van der Waals surface area contributed by atoms with Gasteiger partial charge in [0.25, 0.3) is 5.56 Å². The summed E-state index contributed by atoms with van der Waals surface area (Å²) in [6, 6.07) is 4.84. The molecule has 37 heavy (non-hydrogen) atoms. The lowest BCUT2D eigenvalue weighted by atomic mass is 10.1. The molecule has 12 heteroatoms. The maximum Gasteiger partial charge on any atom is 0.332 e. The van der Waals surface area contributed by atoms with Crippen molar-refractivity contribution >= 4 is 33.9 Å². The smallest absolute Gasteiger partial charge is 0.332 e. The van der Waals surface area contributed by atoms with Crippen molar-refractivity contribution in [2.45, 2.75) is 45.8 Å². The first-order valence-electron chi connectivity index (χ1n) is 12.2. The Labute approximate surface area is 211 Å². The van der Waals surface area contributed by atoms with Crippen LogP contribution < -0.4 is 27.6 Å². The summed E-state index contributed by atoms with van der Waals surface area (Å²) >= 11 is 0. The lowest BCUT2D eigenvalue weighted by Gasteiger charge is -2.31. The summed E-state index contributed by atoms with van der Waals surface area (Å²) < 4.78 is 4.03. The Morgan fingerprint density at radius 3 is 2.70 bits per heavy atom. The number of carbonyl (C=O) groups is 1. The number of fused-ring (bicyclic) bond motifs is 2. The molecule has 1 atom stereocenters. The first-order chi connectivity index (χ1) is 17.7. The summed E-state index contributed by atoms with van der Waals surface area (Å²) in [4.78, 5) is 64.1. The highest BCUT2D eigenvalue weighted by Gasteiger charge is 2.27. The minimum absolute atomic E-state index is 0.00820. The van der Waals surface area contributed by atoms with Gasteiger partial charge in [-0.05, 0) is 38.8 Å². The number of rotatable bonds is 6. The number of ketones is 1. The average Bonchev–Trinajstić information content (AvgIpc) is 3.43. The van der Waals surface area contributed by atoms with E-state index in [9.17, 15) is 19.2 Å². The number of aromatic amines is 2. The van der Waals surface area contributed by atoms with Crippen LogP contribution in [0, 0.1) is 0 Å². The number of piperidine rings is 1. The minimum Gasteiger partial charge on any atom is -0.341 e. The molecule has 4 N–H and O–H groups in total. The van der Waals surface area contributed by atoms with Crippen LogP contribution in [0.5, 0.6) is 0 Å². The van der Waals surface area contributed by atoms with E-state index >= 15 is 0 Å². The number of hydrogen-bond acceptors (Lipinski definition) is 7. The molecule has 194 valence electrons. The lowest BCUT2D eigenvalue weighted by molar-refractivity contribution is 0.0970. The van der Waals surface area contributed by atoms with Crippen LogP contribution in [-0.2, 0) is 20.1 Å². The van der Waals surface area contributed by atoms with Crippen LogP contribution in [0.15, 0.2) is 44.2 Å². The average molecular weight is 507 g/mol. The van der Waals surface area contributed by atoms with Crippen LogP contribution in [0.2, 0.25) is 0 Å². The highest BCUT2D eigenvalue weighted by Crippen LogP contribution is 2.23. The number of benzene rings is 1. The van der Waals surface area contributed by atoms with Crippen LogP contribution in [0.3, 0.4) is 0 Å². The largest absolute Gasteiger partial charge is 0.341 e. The fourth-order valence-electron chi connectivity index (χ4n) is 4.90. The van der Waals surface area contributed by atoms with Gasteiger partial charge in [0.1, 0.15) is 0 Å². The molecule has 3 aromatic heterocycles. The van der Waals surface area contributed by atoms with Crippen LogP contribution in [0.1, 0.15) is 37.0 Å². The Balaban J connectivity index is 1.66. The minimum atomic E-state index is -0.644. The Morgan fingerprint density at radius 1 is 1.19 bits per heavy atom. The molecule has 0 aliphatic carbocycles. The van der Waals surface area contributed by atoms with Crippen LogP contribution in [0.4, 0.5) is 5.95 Å². The summed E-state index contributed by atoms with van der Waals surface area (Å²) in [5.41, 5.74) is 7.11. The maximum absolute atomic E-state index is 13.8. The van der Waals surface area contributed by atoms with Crippen molar-refractivity contribution in [2.24, 2.45) is 12.8 Å². The highest BCUT2D eigenvalue weighted by molar-refractivity contribution is 6.05. The Morgan fingerprint density at radius 2 is 1.97 bits per heavy atom. The van der Waals surface area contributed by atoms with E-state index in [1.807, 2.05) is 19.9 Å². The topological polar surface area (TPSA) is 157 Å². The molecule has 0 bridgehead atoms. The molecule has 0 amide bonds.